The Morgan fingerprint density at radius 2 is 0.650 bits per heavy atom. The first-order valence-electron chi connectivity index (χ1n) is 14.4. The van der Waals surface area contributed by atoms with Gasteiger partial charge in [0.2, 0.25) is 0 Å². The van der Waals surface area contributed by atoms with E-state index in [9.17, 15) is 0 Å². The Morgan fingerprint density at radius 1 is 0.375 bits per heavy atom. The van der Waals surface area contributed by atoms with E-state index < -0.39 is 0 Å². The van der Waals surface area contributed by atoms with E-state index in [4.69, 9.17) is 0 Å². The van der Waals surface area contributed by atoms with E-state index in [0.29, 0.717) is 0 Å². The van der Waals surface area contributed by atoms with Crippen LogP contribution < -0.4 is 9.80 Å². The quantitative estimate of drug-likeness (QED) is 0.199. The van der Waals surface area contributed by atoms with Crippen LogP contribution in [0.5, 0.6) is 0 Å². The van der Waals surface area contributed by atoms with Gasteiger partial charge in [-0.2, -0.15) is 0 Å². The summed E-state index contributed by atoms with van der Waals surface area (Å²) in [6, 6.07) is 40.2. The lowest BCUT2D eigenvalue weighted by molar-refractivity contribution is 1.09. The van der Waals surface area contributed by atoms with E-state index in [1.807, 2.05) is 0 Å². The summed E-state index contributed by atoms with van der Waals surface area (Å²) < 4.78 is 0. The maximum absolute atomic E-state index is 2.39. The van der Waals surface area contributed by atoms with Crippen LogP contribution in [0.1, 0.15) is 47.2 Å². The van der Waals surface area contributed by atoms with Gasteiger partial charge in [0.1, 0.15) is 0 Å². The van der Waals surface area contributed by atoms with Crippen molar-refractivity contribution < 1.29 is 0 Å². The molecule has 0 unspecified atom stereocenters. The first-order valence-corrected chi connectivity index (χ1v) is 14.4. The van der Waals surface area contributed by atoms with Crippen LogP contribution in [0.3, 0.4) is 0 Å². The Bertz CT molecular complexity index is 1480. The molecular weight excluding hydrogens is 484 g/mol. The summed E-state index contributed by atoms with van der Waals surface area (Å²) in [5.41, 5.74) is 14.9. The molecule has 0 aromatic heterocycles. The van der Waals surface area contributed by atoms with E-state index in [1.54, 1.807) is 0 Å². The maximum Gasteiger partial charge on any atom is 0.0464 e. The molecule has 5 aromatic rings. The average Bonchev–Trinajstić information content (AvgIpc) is 2.97. The summed E-state index contributed by atoms with van der Waals surface area (Å²) in [5, 5.41) is 0. The van der Waals surface area contributed by atoms with E-state index >= 15 is 0 Å². The van der Waals surface area contributed by atoms with Crippen molar-refractivity contribution in [2.24, 2.45) is 0 Å². The van der Waals surface area contributed by atoms with Crippen molar-refractivity contribution in [2.45, 2.75) is 54.4 Å². The molecule has 0 amide bonds. The number of hydrogen-bond donors (Lipinski definition) is 0. The predicted molar refractivity (Wildman–Crippen MR) is 174 cm³/mol. The molecule has 5 rings (SSSR count). The molecule has 0 radical (unpaired) electrons. The van der Waals surface area contributed by atoms with Gasteiger partial charge in [0.25, 0.3) is 0 Å². The highest BCUT2D eigenvalue weighted by molar-refractivity contribution is 5.81. The molecule has 0 bridgehead atoms. The zero-order valence-corrected chi connectivity index (χ0v) is 24.7. The predicted octanol–water partition coefficient (Wildman–Crippen LogP) is 11.0. The van der Waals surface area contributed by atoms with Crippen LogP contribution in [0.15, 0.2) is 109 Å². The van der Waals surface area contributed by atoms with Gasteiger partial charge in [0.05, 0.1) is 0 Å². The smallest absolute Gasteiger partial charge is 0.0464 e. The molecular formula is C38H40N2. The van der Waals surface area contributed by atoms with Crippen molar-refractivity contribution in [3.8, 4) is 0 Å². The SMILES string of the molecule is CCc1cc(N(c2ccc(N(c3ccc(C)cc3)c3ccc(C)cc3)cc2)c2ccc(C)c(CC)c2)ccc1C. The van der Waals surface area contributed by atoms with Gasteiger partial charge in [-0.3, -0.25) is 0 Å². The van der Waals surface area contributed by atoms with Crippen molar-refractivity contribution in [1.29, 1.82) is 0 Å². The van der Waals surface area contributed by atoms with Gasteiger partial charge < -0.3 is 9.80 Å². The van der Waals surface area contributed by atoms with Crippen molar-refractivity contribution in [3.05, 3.63) is 143 Å². The Balaban J connectivity index is 1.62. The Morgan fingerprint density at radius 3 is 0.975 bits per heavy atom. The van der Waals surface area contributed by atoms with Gasteiger partial charge in [-0.1, -0.05) is 61.4 Å². The third-order valence-electron chi connectivity index (χ3n) is 7.89. The van der Waals surface area contributed by atoms with Crippen molar-refractivity contribution >= 4 is 34.1 Å². The second-order valence-corrected chi connectivity index (χ2v) is 10.8. The zero-order chi connectivity index (χ0) is 28.2. The molecule has 2 nitrogen and oxygen atoms in total. The highest BCUT2D eigenvalue weighted by atomic mass is 15.2. The van der Waals surface area contributed by atoms with Gasteiger partial charge in [-0.25, -0.2) is 0 Å². The molecule has 0 heterocycles. The van der Waals surface area contributed by atoms with Crippen molar-refractivity contribution in [1.82, 2.24) is 0 Å². The van der Waals surface area contributed by atoms with E-state index in [2.05, 4.69) is 161 Å². The highest BCUT2D eigenvalue weighted by Crippen LogP contribution is 2.40. The van der Waals surface area contributed by atoms with Gasteiger partial charge >= 0.3 is 0 Å². The standard InChI is InChI=1S/C38H40N2/c1-7-31-25-37(19-13-29(31)5)40(38-20-14-30(6)32(8-2)26-38)36-23-21-35(22-24-36)39(33-15-9-27(3)10-16-33)34-17-11-28(4)12-18-34/h9-26H,7-8H2,1-6H3. The van der Waals surface area contributed by atoms with Crippen LogP contribution in [-0.4, -0.2) is 0 Å². The number of benzene rings is 5. The summed E-state index contributed by atoms with van der Waals surface area (Å²) in [7, 11) is 0. The van der Waals surface area contributed by atoms with Crippen LogP contribution in [0.2, 0.25) is 0 Å². The number of nitrogens with zero attached hydrogens (tertiary/aromatic N) is 2. The van der Waals surface area contributed by atoms with Gasteiger partial charge in [-0.05, 0) is 136 Å². The Hall–Kier alpha value is -4.30. The van der Waals surface area contributed by atoms with Gasteiger partial charge in [0.15, 0.2) is 0 Å². The first-order chi connectivity index (χ1) is 19.4. The van der Waals surface area contributed by atoms with E-state index in [-0.39, 0.29) is 0 Å². The fraction of sp³-hybridized carbons (Fsp3) is 0.211. The number of anilines is 6. The van der Waals surface area contributed by atoms with Crippen molar-refractivity contribution in [2.75, 3.05) is 9.80 Å². The minimum Gasteiger partial charge on any atom is -0.311 e. The number of rotatable bonds is 8. The Kier molecular flexibility index (Phi) is 8.07. The summed E-state index contributed by atoms with van der Waals surface area (Å²) in [5.74, 6) is 0. The largest absolute Gasteiger partial charge is 0.311 e. The lowest BCUT2D eigenvalue weighted by atomic mass is 10.0. The fourth-order valence-corrected chi connectivity index (χ4v) is 5.39. The number of hydrogen-bond acceptors (Lipinski definition) is 2. The normalized spacial score (nSPS) is 10.9. The van der Waals surface area contributed by atoms with Crippen LogP contribution in [-0.2, 0) is 12.8 Å². The molecule has 0 aliphatic rings. The topological polar surface area (TPSA) is 6.48 Å². The zero-order valence-electron chi connectivity index (χ0n) is 24.7. The molecule has 0 aliphatic heterocycles. The lowest BCUT2D eigenvalue weighted by Gasteiger charge is -2.29. The third-order valence-corrected chi connectivity index (χ3v) is 7.89. The summed E-state index contributed by atoms with van der Waals surface area (Å²) in [6.07, 6.45) is 2.03. The molecule has 0 atom stereocenters. The van der Waals surface area contributed by atoms with Crippen molar-refractivity contribution in [3.63, 3.8) is 0 Å². The van der Waals surface area contributed by atoms with E-state index in [0.717, 1.165) is 35.6 Å². The molecule has 0 aliphatic carbocycles. The lowest BCUT2D eigenvalue weighted by Crippen LogP contribution is -2.13. The van der Waals surface area contributed by atoms with E-state index in [1.165, 1.54) is 44.8 Å². The molecule has 0 saturated carbocycles. The van der Waals surface area contributed by atoms with Crippen LogP contribution >= 0.6 is 0 Å². The number of aryl methyl sites for hydroxylation is 6. The Labute approximate surface area is 240 Å². The third kappa shape index (κ3) is 5.67. The molecule has 0 spiro atoms. The summed E-state index contributed by atoms with van der Waals surface area (Å²) >= 11 is 0. The summed E-state index contributed by atoms with van der Waals surface area (Å²) in [4.78, 5) is 4.72. The summed E-state index contributed by atoms with van der Waals surface area (Å²) in [6.45, 7) is 13.1. The molecule has 0 saturated heterocycles. The average molecular weight is 525 g/mol. The minimum atomic E-state index is 1.02. The fourth-order valence-electron chi connectivity index (χ4n) is 5.39. The second-order valence-electron chi connectivity index (χ2n) is 10.8. The molecule has 40 heavy (non-hydrogen) atoms. The first kappa shape index (κ1) is 27.3. The molecule has 2 heteroatoms. The maximum atomic E-state index is 2.39. The van der Waals surface area contributed by atoms with Gasteiger partial charge in [-0.15, -0.1) is 0 Å². The molecule has 5 aromatic carbocycles. The molecule has 0 N–H and O–H groups in total. The monoisotopic (exact) mass is 524 g/mol. The van der Waals surface area contributed by atoms with Crippen LogP contribution in [0, 0.1) is 27.7 Å². The minimum absolute atomic E-state index is 1.02. The molecule has 0 fully saturated rings. The van der Waals surface area contributed by atoms with Gasteiger partial charge in [0, 0.05) is 34.1 Å². The second kappa shape index (κ2) is 11.8. The molecule has 202 valence electrons. The van der Waals surface area contributed by atoms with Crippen LogP contribution in [0.25, 0.3) is 0 Å². The highest BCUT2D eigenvalue weighted by Gasteiger charge is 2.17. The van der Waals surface area contributed by atoms with Crippen LogP contribution in [0.4, 0.5) is 34.1 Å².